The molecule has 0 spiro atoms. The van der Waals surface area contributed by atoms with E-state index in [0.29, 0.717) is 6.54 Å². The standard InChI is InChI=1S/C17H19NO2/c1-18(12-14-8-10-16(20-2)11-9-14)13-17(19)15-6-4-3-5-7-15/h3-11H,12-13H2,1-2H3. The van der Waals surface area contributed by atoms with Gasteiger partial charge in [-0.3, -0.25) is 9.69 Å². The zero-order chi connectivity index (χ0) is 14.4. The summed E-state index contributed by atoms with van der Waals surface area (Å²) in [5, 5.41) is 0. The highest BCUT2D eigenvalue weighted by Crippen LogP contribution is 2.12. The van der Waals surface area contributed by atoms with Gasteiger partial charge in [-0.25, -0.2) is 0 Å². The van der Waals surface area contributed by atoms with Gasteiger partial charge in [-0.2, -0.15) is 0 Å². The average molecular weight is 269 g/mol. The molecule has 0 N–H and O–H groups in total. The molecule has 0 unspecified atom stereocenters. The molecule has 0 bridgehead atoms. The van der Waals surface area contributed by atoms with Crippen LogP contribution in [0.2, 0.25) is 0 Å². The Bertz CT molecular complexity index is 549. The summed E-state index contributed by atoms with van der Waals surface area (Å²) in [6.45, 7) is 1.15. The van der Waals surface area contributed by atoms with Crippen molar-refractivity contribution in [3.05, 3.63) is 65.7 Å². The number of rotatable bonds is 6. The molecule has 0 aromatic heterocycles. The van der Waals surface area contributed by atoms with Crippen molar-refractivity contribution in [2.24, 2.45) is 0 Å². The third-order valence-electron chi connectivity index (χ3n) is 3.12. The Morgan fingerprint density at radius 2 is 1.70 bits per heavy atom. The van der Waals surface area contributed by atoms with Crippen molar-refractivity contribution in [3.63, 3.8) is 0 Å². The minimum Gasteiger partial charge on any atom is -0.497 e. The van der Waals surface area contributed by atoms with Crippen molar-refractivity contribution < 1.29 is 9.53 Å². The van der Waals surface area contributed by atoms with Crippen LogP contribution in [-0.4, -0.2) is 31.4 Å². The molecular weight excluding hydrogens is 250 g/mol. The lowest BCUT2D eigenvalue weighted by molar-refractivity contribution is 0.0943. The van der Waals surface area contributed by atoms with Gasteiger partial charge in [0.1, 0.15) is 5.75 Å². The molecule has 2 aromatic rings. The summed E-state index contributed by atoms with van der Waals surface area (Å²) in [5.41, 5.74) is 1.92. The number of nitrogens with zero attached hydrogens (tertiary/aromatic N) is 1. The van der Waals surface area contributed by atoms with E-state index in [1.165, 1.54) is 0 Å². The van der Waals surface area contributed by atoms with Crippen LogP contribution in [0.5, 0.6) is 5.75 Å². The van der Waals surface area contributed by atoms with E-state index in [4.69, 9.17) is 4.74 Å². The largest absolute Gasteiger partial charge is 0.497 e. The summed E-state index contributed by atoms with van der Waals surface area (Å²) in [6, 6.07) is 17.3. The molecule has 0 saturated heterocycles. The van der Waals surface area contributed by atoms with E-state index in [9.17, 15) is 4.79 Å². The molecule has 0 aliphatic heterocycles. The summed E-state index contributed by atoms with van der Waals surface area (Å²) in [7, 11) is 3.60. The number of ketones is 1. The van der Waals surface area contributed by atoms with E-state index in [2.05, 4.69) is 0 Å². The molecule has 3 heteroatoms. The fourth-order valence-corrected chi connectivity index (χ4v) is 2.06. The monoisotopic (exact) mass is 269 g/mol. The predicted molar refractivity (Wildman–Crippen MR) is 80.1 cm³/mol. The van der Waals surface area contributed by atoms with Crippen LogP contribution in [0.15, 0.2) is 54.6 Å². The molecule has 0 saturated carbocycles. The van der Waals surface area contributed by atoms with Gasteiger partial charge < -0.3 is 4.74 Å². The number of hydrogen-bond acceptors (Lipinski definition) is 3. The highest BCUT2D eigenvalue weighted by molar-refractivity contribution is 5.97. The molecule has 104 valence electrons. The SMILES string of the molecule is COc1ccc(CN(C)CC(=O)c2ccccc2)cc1. The van der Waals surface area contributed by atoms with Gasteiger partial charge in [0.25, 0.3) is 0 Å². The normalized spacial score (nSPS) is 10.6. The highest BCUT2D eigenvalue weighted by Gasteiger charge is 2.09. The van der Waals surface area contributed by atoms with E-state index < -0.39 is 0 Å². The lowest BCUT2D eigenvalue weighted by Gasteiger charge is -2.16. The van der Waals surface area contributed by atoms with Gasteiger partial charge in [0, 0.05) is 12.1 Å². The van der Waals surface area contributed by atoms with E-state index in [1.54, 1.807) is 7.11 Å². The first kappa shape index (κ1) is 14.3. The van der Waals surface area contributed by atoms with Crippen molar-refractivity contribution >= 4 is 5.78 Å². The minimum atomic E-state index is 0.140. The number of ether oxygens (including phenoxy) is 1. The molecule has 0 radical (unpaired) electrons. The minimum absolute atomic E-state index is 0.140. The first-order valence-electron chi connectivity index (χ1n) is 6.59. The lowest BCUT2D eigenvalue weighted by atomic mass is 10.1. The quantitative estimate of drug-likeness (QED) is 0.755. The topological polar surface area (TPSA) is 29.5 Å². The zero-order valence-electron chi connectivity index (χ0n) is 11.9. The third kappa shape index (κ3) is 3.93. The number of methoxy groups -OCH3 is 1. The van der Waals surface area contributed by atoms with E-state index >= 15 is 0 Å². The molecule has 20 heavy (non-hydrogen) atoms. The molecule has 0 heterocycles. The summed E-state index contributed by atoms with van der Waals surface area (Å²) >= 11 is 0. The number of carbonyl (C=O) groups excluding carboxylic acids is 1. The fraction of sp³-hybridized carbons (Fsp3) is 0.235. The first-order chi connectivity index (χ1) is 9.69. The maximum Gasteiger partial charge on any atom is 0.176 e. The van der Waals surface area contributed by atoms with Crippen LogP contribution in [0.4, 0.5) is 0 Å². The van der Waals surface area contributed by atoms with E-state index in [-0.39, 0.29) is 5.78 Å². The van der Waals surface area contributed by atoms with Crippen molar-refractivity contribution in [2.45, 2.75) is 6.54 Å². The molecule has 2 aromatic carbocycles. The van der Waals surface area contributed by atoms with E-state index in [1.807, 2.05) is 66.5 Å². The van der Waals surface area contributed by atoms with E-state index in [0.717, 1.165) is 23.4 Å². The second kappa shape index (κ2) is 6.87. The Morgan fingerprint density at radius 3 is 2.30 bits per heavy atom. The van der Waals surface area contributed by atoms with Gasteiger partial charge in [0.15, 0.2) is 5.78 Å². The third-order valence-corrected chi connectivity index (χ3v) is 3.12. The molecule has 0 fully saturated rings. The Hall–Kier alpha value is -2.13. The number of carbonyl (C=O) groups is 1. The Labute approximate surface area is 119 Å². The second-order valence-corrected chi connectivity index (χ2v) is 4.81. The lowest BCUT2D eigenvalue weighted by Crippen LogP contribution is -2.25. The van der Waals surface area contributed by atoms with Crippen LogP contribution >= 0.6 is 0 Å². The zero-order valence-corrected chi connectivity index (χ0v) is 11.9. The van der Waals surface area contributed by atoms with Gasteiger partial charge in [0.2, 0.25) is 0 Å². The van der Waals surface area contributed by atoms with Crippen LogP contribution in [0.25, 0.3) is 0 Å². The molecule has 0 amide bonds. The molecule has 2 rings (SSSR count). The Kier molecular flexibility index (Phi) is 4.91. The number of Topliss-reactive ketones (excluding diaryl/α,β-unsaturated/α-hetero) is 1. The van der Waals surface area contributed by atoms with Crippen molar-refractivity contribution in [2.75, 3.05) is 20.7 Å². The number of benzene rings is 2. The van der Waals surface area contributed by atoms with Crippen molar-refractivity contribution in [1.82, 2.24) is 4.90 Å². The second-order valence-electron chi connectivity index (χ2n) is 4.81. The molecule has 0 aliphatic rings. The summed E-state index contributed by atoms with van der Waals surface area (Å²) in [5.74, 6) is 0.985. The maximum absolute atomic E-state index is 12.1. The van der Waals surface area contributed by atoms with Crippen LogP contribution in [-0.2, 0) is 6.54 Å². The summed E-state index contributed by atoms with van der Waals surface area (Å²) in [6.07, 6.45) is 0. The van der Waals surface area contributed by atoms with Gasteiger partial charge in [-0.1, -0.05) is 42.5 Å². The van der Waals surface area contributed by atoms with Crippen molar-refractivity contribution in [1.29, 1.82) is 0 Å². The molecule has 3 nitrogen and oxygen atoms in total. The van der Waals surface area contributed by atoms with Gasteiger partial charge in [-0.05, 0) is 24.7 Å². The summed E-state index contributed by atoms with van der Waals surface area (Å²) in [4.78, 5) is 14.1. The molecule has 0 aliphatic carbocycles. The average Bonchev–Trinajstić information content (AvgIpc) is 2.49. The smallest absolute Gasteiger partial charge is 0.176 e. The Balaban J connectivity index is 1.91. The number of hydrogen-bond donors (Lipinski definition) is 0. The predicted octanol–water partition coefficient (Wildman–Crippen LogP) is 3.01. The fourth-order valence-electron chi connectivity index (χ4n) is 2.06. The van der Waals surface area contributed by atoms with Crippen LogP contribution in [0, 0.1) is 0 Å². The van der Waals surface area contributed by atoms with Crippen LogP contribution in [0.3, 0.4) is 0 Å². The van der Waals surface area contributed by atoms with Crippen LogP contribution < -0.4 is 4.74 Å². The van der Waals surface area contributed by atoms with Crippen molar-refractivity contribution in [3.8, 4) is 5.75 Å². The van der Waals surface area contributed by atoms with Gasteiger partial charge in [-0.15, -0.1) is 0 Å². The summed E-state index contributed by atoms with van der Waals surface area (Å²) < 4.78 is 5.13. The Morgan fingerprint density at radius 1 is 1.05 bits per heavy atom. The highest BCUT2D eigenvalue weighted by atomic mass is 16.5. The molecular formula is C17H19NO2. The molecule has 0 atom stereocenters. The first-order valence-corrected chi connectivity index (χ1v) is 6.59. The van der Waals surface area contributed by atoms with Gasteiger partial charge in [0.05, 0.1) is 13.7 Å². The van der Waals surface area contributed by atoms with Crippen LogP contribution in [0.1, 0.15) is 15.9 Å². The number of likely N-dealkylation sites (N-methyl/N-ethyl adjacent to an activating group) is 1. The maximum atomic E-state index is 12.1. The van der Waals surface area contributed by atoms with Gasteiger partial charge >= 0.3 is 0 Å².